The van der Waals surface area contributed by atoms with Crippen molar-refractivity contribution in [1.82, 2.24) is 0 Å². The maximum atomic E-state index is 12.1. The first kappa shape index (κ1) is 12.7. The molecule has 0 aliphatic heterocycles. The fourth-order valence-corrected chi connectivity index (χ4v) is 3.22. The second kappa shape index (κ2) is 4.97. The highest BCUT2D eigenvalue weighted by molar-refractivity contribution is 5.92. The van der Waals surface area contributed by atoms with Crippen molar-refractivity contribution < 1.29 is 4.79 Å². The predicted molar refractivity (Wildman–Crippen MR) is 77.1 cm³/mol. The number of carbonyl (C=O) groups excluding carboxylic acids is 1. The van der Waals surface area contributed by atoms with Crippen molar-refractivity contribution in [3.8, 4) is 0 Å². The molecule has 1 fully saturated rings. The third kappa shape index (κ3) is 2.66. The Morgan fingerprint density at radius 3 is 2.74 bits per heavy atom. The molecule has 3 N–H and O–H groups in total. The van der Waals surface area contributed by atoms with Crippen LogP contribution in [0, 0.1) is 0 Å². The highest BCUT2D eigenvalue weighted by Crippen LogP contribution is 2.33. The summed E-state index contributed by atoms with van der Waals surface area (Å²) in [5, 5.41) is 3.08. The number of aryl methyl sites for hydroxylation is 1. The van der Waals surface area contributed by atoms with Crippen molar-refractivity contribution >= 4 is 11.6 Å². The second-order valence-corrected chi connectivity index (χ2v) is 6.09. The normalized spacial score (nSPS) is 20.3. The Hall–Kier alpha value is -1.35. The molecule has 1 aromatic carbocycles. The number of carbonyl (C=O) groups is 1. The summed E-state index contributed by atoms with van der Waals surface area (Å²) in [6.07, 6.45) is 8.28. The van der Waals surface area contributed by atoms with Crippen LogP contribution in [0.15, 0.2) is 18.2 Å². The monoisotopic (exact) mass is 258 g/mol. The molecule has 1 amide bonds. The molecule has 102 valence electrons. The summed E-state index contributed by atoms with van der Waals surface area (Å²) in [5.41, 5.74) is 9.64. The molecule has 3 rings (SSSR count). The molecule has 0 spiro atoms. The van der Waals surface area contributed by atoms with Crippen molar-refractivity contribution in [2.45, 2.75) is 56.9 Å². The summed E-state index contributed by atoms with van der Waals surface area (Å²) in [6.45, 7) is 0. The van der Waals surface area contributed by atoms with Gasteiger partial charge >= 0.3 is 0 Å². The van der Waals surface area contributed by atoms with Gasteiger partial charge in [0.25, 0.3) is 0 Å². The van der Waals surface area contributed by atoms with Gasteiger partial charge < -0.3 is 11.1 Å². The lowest BCUT2D eigenvalue weighted by Gasteiger charge is -2.37. The molecule has 0 heterocycles. The smallest absolute Gasteiger partial charge is 0.226 e. The van der Waals surface area contributed by atoms with E-state index in [1.807, 2.05) is 12.1 Å². The third-order valence-electron chi connectivity index (χ3n) is 4.53. The summed E-state index contributed by atoms with van der Waals surface area (Å²) < 4.78 is 0. The second-order valence-electron chi connectivity index (χ2n) is 6.09. The van der Waals surface area contributed by atoms with E-state index in [-0.39, 0.29) is 11.4 Å². The van der Waals surface area contributed by atoms with E-state index in [2.05, 4.69) is 11.4 Å². The van der Waals surface area contributed by atoms with E-state index in [0.717, 1.165) is 37.8 Å². The predicted octanol–water partition coefficient (Wildman–Crippen LogP) is 2.78. The summed E-state index contributed by atoms with van der Waals surface area (Å²) in [7, 11) is 0. The number of nitrogens with two attached hydrogens (primary N) is 1. The van der Waals surface area contributed by atoms with Crippen LogP contribution in [0.4, 0.5) is 5.69 Å². The van der Waals surface area contributed by atoms with Crippen LogP contribution in [-0.4, -0.2) is 11.4 Å². The van der Waals surface area contributed by atoms with Gasteiger partial charge in [0.1, 0.15) is 0 Å². The quantitative estimate of drug-likeness (QED) is 0.876. The van der Waals surface area contributed by atoms with E-state index in [1.54, 1.807) is 0 Å². The van der Waals surface area contributed by atoms with Gasteiger partial charge in [-0.1, -0.05) is 12.1 Å². The van der Waals surface area contributed by atoms with Crippen LogP contribution in [0.25, 0.3) is 0 Å². The molecule has 1 aromatic rings. The van der Waals surface area contributed by atoms with Gasteiger partial charge in [-0.2, -0.15) is 0 Å². The summed E-state index contributed by atoms with van der Waals surface area (Å²) in [6, 6.07) is 6.24. The first-order valence-corrected chi connectivity index (χ1v) is 7.36. The SMILES string of the molecule is NC1(CC(=O)Nc2cccc3c2CCCC3)CCC1. The van der Waals surface area contributed by atoms with Crippen molar-refractivity contribution in [2.24, 2.45) is 5.73 Å². The van der Waals surface area contributed by atoms with E-state index in [9.17, 15) is 4.79 Å². The number of amides is 1. The molecule has 0 saturated heterocycles. The lowest BCUT2D eigenvalue weighted by molar-refractivity contribution is -0.118. The van der Waals surface area contributed by atoms with Crippen LogP contribution >= 0.6 is 0 Å². The van der Waals surface area contributed by atoms with Crippen molar-refractivity contribution in [2.75, 3.05) is 5.32 Å². The van der Waals surface area contributed by atoms with Crippen molar-refractivity contribution in [1.29, 1.82) is 0 Å². The number of benzene rings is 1. The lowest BCUT2D eigenvalue weighted by atomic mass is 9.75. The minimum Gasteiger partial charge on any atom is -0.326 e. The Bertz CT molecular complexity index is 492. The van der Waals surface area contributed by atoms with Gasteiger partial charge in [0, 0.05) is 17.6 Å². The van der Waals surface area contributed by atoms with E-state index in [0.29, 0.717) is 6.42 Å². The summed E-state index contributed by atoms with van der Waals surface area (Å²) >= 11 is 0. The number of nitrogens with one attached hydrogen (secondary N) is 1. The highest BCUT2D eigenvalue weighted by atomic mass is 16.1. The van der Waals surface area contributed by atoms with Gasteiger partial charge in [0.05, 0.1) is 0 Å². The van der Waals surface area contributed by atoms with Crippen LogP contribution in [0.5, 0.6) is 0 Å². The van der Waals surface area contributed by atoms with Crippen LogP contribution < -0.4 is 11.1 Å². The Labute approximate surface area is 114 Å². The Morgan fingerprint density at radius 1 is 1.21 bits per heavy atom. The molecule has 0 radical (unpaired) electrons. The number of anilines is 1. The average molecular weight is 258 g/mol. The van der Waals surface area contributed by atoms with Gasteiger partial charge in [-0.15, -0.1) is 0 Å². The van der Waals surface area contributed by atoms with E-state index in [1.165, 1.54) is 24.0 Å². The van der Waals surface area contributed by atoms with Gasteiger partial charge in [-0.05, 0) is 62.1 Å². The fraction of sp³-hybridized carbons (Fsp3) is 0.562. The Balaban J connectivity index is 1.71. The summed E-state index contributed by atoms with van der Waals surface area (Å²) in [5.74, 6) is 0.0705. The number of hydrogen-bond acceptors (Lipinski definition) is 2. The minimum absolute atomic E-state index is 0.0705. The van der Waals surface area contributed by atoms with E-state index in [4.69, 9.17) is 5.73 Å². The molecule has 0 unspecified atom stereocenters. The summed E-state index contributed by atoms with van der Waals surface area (Å²) in [4.78, 5) is 12.1. The first-order chi connectivity index (χ1) is 9.16. The maximum absolute atomic E-state index is 12.1. The molecule has 0 bridgehead atoms. The molecule has 3 nitrogen and oxygen atoms in total. The van der Waals surface area contributed by atoms with Gasteiger partial charge in [-0.25, -0.2) is 0 Å². The van der Waals surface area contributed by atoms with Crippen LogP contribution in [0.3, 0.4) is 0 Å². The molecule has 19 heavy (non-hydrogen) atoms. The Morgan fingerprint density at radius 2 is 2.00 bits per heavy atom. The van der Waals surface area contributed by atoms with Crippen LogP contribution in [-0.2, 0) is 17.6 Å². The third-order valence-corrected chi connectivity index (χ3v) is 4.53. The number of rotatable bonds is 3. The standard InChI is InChI=1S/C16H22N2O/c17-16(9-4-10-16)11-15(19)18-14-8-3-6-12-5-1-2-7-13(12)14/h3,6,8H,1-2,4-5,7,9-11,17H2,(H,18,19). The average Bonchev–Trinajstić information content (AvgIpc) is 2.37. The molecule has 0 atom stereocenters. The van der Waals surface area contributed by atoms with Gasteiger partial charge in [0.15, 0.2) is 0 Å². The van der Waals surface area contributed by atoms with Crippen molar-refractivity contribution in [3.05, 3.63) is 29.3 Å². The zero-order chi connectivity index (χ0) is 13.3. The van der Waals surface area contributed by atoms with Gasteiger partial charge in [-0.3, -0.25) is 4.79 Å². The highest BCUT2D eigenvalue weighted by Gasteiger charge is 2.34. The largest absolute Gasteiger partial charge is 0.326 e. The van der Waals surface area contributed by atoms with Gasteiger partial charge in [0.2, 0.25) is 5.91 Å². The molecule has 1 saturated carbocycles. The van der Waals surface area contributed by atoms with Crippen molar-refractivity contribution in [3.63, 3.8) is 0 Å². The zero-order valence-electron chi connectivity index (χ0n) is 11.4. The molecular formula is C16H22N2O. The first-order valence-electron chi connectivity index (χ1n) is 7.36. The maximum Gasteiger partial charge on any atom is 0.226 e. The molecular weight excluding hydrogens is 236 g/mol. The molecule has 2 aliphatic carbocycles. The molecule has 3 heteroatoms. The Kier molecular flexibility index (Phi) is 3.31. The van der Waals surface area contributed by atoms with Crippen LogP contribution in [0.2, 0.25) is 0 Å². The van der Waals surface area contributed by atoms with E-state index >= 15 is 0 Å². The molecule has 2 aliphatic rings. The van der Waals surface area contributed by atoms with E-state index < -0.39 is 0 Å². The number of fused-ring (bicyclic) bond motifs is 1. The lowest BCUT2D eigenvalue weighted by Crippen LogP contribution is -2.49. The molecule has 0 aromatic heterocycles. The zero-order valence-corrected chi connectivity index (χ0v) is 11.4. The fourth-order valence-electron chi connectivity index (χ4n) is 3.22. The minimum atomic E-state index is -0.237. The topological polar surface area (TPSA) is 55.1 Å². The number of hydrogen-bond donors (Lipinski definition) is 2. The van der Waals surface area contributed by atoms with Crippen LogP contribution in [0.1, 0.15) is 49.7 Å².